The third kappa shape index (κ3) is 4.14. The van der Waals surface area contributed by atoms with Gasteiger partial charge in [0.05, 0.1) is 25.2 Å². The number of nitrogens with zero attached hydrogens (tertiary/aromatic N) is 2. The van der Waals surface area contributed by atoms with Gasteiger partial charge in [-0.25, -0.2) is 14.6 Å². The Bertz CT molecular complexity index is 1380. The maximum absolute atomic E-state index is 13.4. The Morgan fingerprint density at radius 2 is 1.85 bits per heavy atom. The lowest BCUT2D eigenvalue weighted by Gasteiger charge is -2.17. The third-order valence-electron chi connectivity index (χ3n) is 6.07. The molecular weight excluding hydrogens is 478 g/mol. The Hall–Kier alpha value is -3.05. The number of amides is 1. The number of hydrogen-bond donors (Lipinski definition) is 1. The van der Waals surface area contributed by atoms with Crippen LogP contribution in [0.25, 0.3) is 10.2 Å². The van der Waals surface area contributed by atoms with Crippen LogP contribution in [-0.2, 0) is 33.7 Å². The Labute approximate surface area is 203 Å². The standard InChI is InChI=1S/C23H25N3O6S2/c1-10-6-7-13-14(8-10)33-20-17(13)21(28)26(12(3)24-20)9-15(27)25-19-16(22(29)31-4)11(2)18(34-19)23(30)32-5/h10H,6-9H2,1-5H3,(H,25,27). The fourth-order valence-corrected chi connectivity index (χ4v) is 6.81. The number of aryl methyl sites for hydroxylation is 2. The summed E-state index contributed by atoms with van der Waals surface area (Å²) in [6.45, 7) is 5.20. The van der Waals surface area contributed by atoms with E-state index in [4.69, 9.17) is 9.47 Å². The molecule has 1 atom stereocenters. The zero-order valence-corrected chi connectivity index (χ0v) is 21.2. The number of aromatic nitrogens is 2. The van der Waals surface area contributed by atoms with E-state index in [-0.39, 0.29) is 27.5 Å². The quantitative estimate of drug-likeness (QED) is 0.530. The molecule has 1 unspecified atom stereocenters. The van der Waals surface area contributed by atoms with Crippen molar-refractivity contribution in [1.29, 1.82) is 0 Å². The van der Waals surface area contributed by atoms with Crippen LogP contribution in [0, 0.1) is 19.8 Å². The van der Waals surface area contributed by atoms with E-state index in [0.29, 0.717) is 27.5 Å². The molecule has 1 aliphatic carbocycles. The molecule has 0 spiro atoms. The first-order valence-electron chi connectivity index (χ1n) is 10.8. The van der Waals surface area contributed by atoms with E-state index in [1.807, 2.05) is 0 Å². The van der Waals surface area contributed by atoms with Gasteiger partial charge in [0.2, 0.25) is 5.91 Å². The minimum Gasteiger partial charge on any atom is -0.465 e. The van der Waals surface area contributed by atoms with Crippen LogP contribution in [0.5, 0.6) is 0 Å². The lowest BCUT2D eigenvalue weighted by Crippen LogP contribution is -2.30. The summed E-state index contributed by atoms with van der Waals surface area (Å²) in [7, 11) is 2.45. The van der Waals surface area contributed by atoms with Crippen molar-refractivity contribution < 1.29 is 23.9 Å². The van der Waals surface area contributed by atoms with Crippen molar-refractivity contribution in [1.82, 2.24) is 9.55 Å². The topological polar surface area (TPSA) is 117 Å². The number of thiophene rings is 2. The van der Waals surface area contributed by atoms with Crippen molar-refractivity contribution in [2.45, 2.75) is 46.6 Å². The first-order valence-corrected chi connectivity index (χ1v) is 12.4. The number of methoxy groups -OCH3 is 2. The third-order valence-corrected chi connectivity index (χ3v) is 8.40. The summed E-state index contributed by atoms with van der Waals surface area (Å²) in [5.41, 5.74) is 1.25. The fraction of sp³-hybridized carbons (Fsp3) is 0.435. The highest BCUT2D eigenvalue weighted by atomic mass is 32.1. The number of carbonyl (C=O) groups excluding carboxylic acids is 3. The van der Waals surface area contributed by atoms with Crippen LogP contribution in [0.2, 0.25) is 0 Å². The molecule has 0 saturated carbocycles. The molecule has 3 heterocycles. The van der Waals surface area contributed by atoms with Crippen molar-refractivity contribution in [3.05, 3.63) is 42.6 Å². The maximum Gasteiger partial charge on any atom is 0.348 e. The number of hydrogen-bond acceptors (Lipinski definition) is 9. The fourth-order valence-electron chi connectivity index (χ4n) is 4.26. The number of anilines is 1. The van der Waals surface area contributed by atoms with Gasteiger partial charge < -0.3 is 14.8 Å². The van der Waals surface area contributed by atoms with Crippen LogP contribution in [0.4, 0.5) is 5.00 Å². The minimum absolute atomic E-state index is 0.0833. The van der Waals surface area contributed by atoms with E-state index in [1.165, 1.54) is 23.7 Å². The van der Waals surface area contributed by atoms with Crippen LogP contribution < -0.4 is 10.9 Å². The highest BCUT2D eigenvalue weighted by Gasteiger charge is 2.28. The van der Waals surface area contributed by atoms with E-state index in [9.17, 15) is 19.2 Å². The molecule has 3 aromatic heterocycles. The van der Waals surface area contributed by atoms with Gasteiger partial charge in [-0.1, -0.05) is 6.92 Å². The normalized spacial score (nSPS) is 15.1. The molecule has 4 rings (SSSR count). The average Bonchev–Trinajstić information content (AvgIpc) is 3.31. The average molecular weight is 504 g/mol. The second kappa shape index (κ2) is 9.30. The molecule has 1 aliphatic rings. The van der Waals surface area contributed by atoms with E-state index in [0.717, 1.165) is 36.2 Å². The zero-order chi connectivity index (χ0) is 24.7. The number of nitrogens with one attached hydrogen (secondary N) is 1. The lowest BCUT2D eigenvalue weighted by atomic mass is 9.89. The molecule has 0 aliphatic heterocycles. The predicted molar refractivity (Wildman–Crippen MR) is 130 cm³/mol. The molecule has 180 valence electrons. The summed E-state index contributed by atoms with van der Waals surface area (Å²) < 4.78 is 10.9. The number of rotatable bonds is 5. The summed E-state index contributed by atoms with van der Waals surface area (Å²) >= 11 is 2.48. The summed E-state index contributed by atoms with van der Waals surface area (Å²) in [4.78, 5) is 57.4. The van der Waals surface area contributed by atoms with Crippen LogP contribution in [-0.4, -0.2) is 41.6 Å². The Kier molecular flexibility index (Phi) is 6.59. The van der Waals surface area contributed by atoms with Gasteiger partial charge in [0.25, 0.3) is 5.56 Å². The first kappa shape index (κ1) is 24.1. The number of ether oxygens (including phenoxy) is 2. The van der Waals surface area contributed by atoms with E-state index < -0.39 is 17.8 Å². The molecule has 1 amide bonds. The molecular formula is C23H25N3O6S2. The van der Waals surface area contributed by atoms with Crippen molar-refractivity contribution >= 4 is 55.7 Å². The number of carbonyl (C=O) groups is 3. The molecule has 0 radical (unpaired) electrons. The highest BCUT2D eigenvalue weighted by molar-refractivity contribution is 7.19. The van der Waals surface area contributed by atoms with Gasteiger partial charge >= 0.3 is 11.9 Å². The van der Waals surface area contributed by atoms with E-state index in [2.05, 4.69) is 17.2 Å². The van der Waals surface area contributed by atoms with Crippen LogP contribution in [0.1, 0.15) is 55.2 Å². The van der Waals surface area contributed by atoms with Crippen molar-refractivity contribution in [2.24, 2.45) is 5.92 Å². The van der Waals surface area contributed by atoms with Crippen molar-refractivity contribution in [3.63, 3.8) is 0 Å². The highest BCUT2D eigenvalue weighted by Crippen LogP contribution is 2.36. The summed E-state index contributed by atoms with van der Waals surface area (Å²) in [5.74, 6) is -0.819. The first-order chi connectivity index (χ1) is 16.2. The second-order valence-corrected chi connectivity index (χ2v) is 10.5. The Morgan fingerprint density at radius 1 is 1.15 bits per heavy atom. The van der Waals surface area contributed by atoms with Crippen LogP contribution in [0.3, 0.4) is 0 Å². The Morgan fingerprint density at radius 3 is 2.53 bits per heavy atom. The molecule has 11 heteroatoms. The Balaban J connectivity index is 1.68. The summed E-state index contributed by atoms with van der Waals surface area (Å²) in [5, 5.41) is 3.43. The molecule has 9 nitrogen and oxygen atoms in total. The summed E-state index contributed by atoms with van der Waals surface area (Å²) in [6, 6.07) is 0. The summed E-state index contributed by atoms with van der Waals surface area (Å²) in [6.07, 6.45) is 2.78. The largest absolute Gasteiger partial charge is 0.465 e. The molecule has 1 N–H and O–H groups in total. The minimum atomic E-state index is -0.685. The van der Waals surface area contributed by atoms with Gasteiger partial charge in [0, 0.05) is 4.88 Å². The molecule has 0 saturated heterocycles. The lowest BCUT2D eigenvalue weighted by molar-refractivity contribution is -0.116. The molecule has 0 aromatic carbocycles. The van der Waals surface area contributed by atoms with Gasteiger partial charge in [-0.15, -0.1) is 22.7 Å². The number of fused-ring (bicyclic) bond motifs is 3. The SMILES string of the molecule is COC(=O)c1sc(NC(=O)Cn2c(C)nc3sc4c(c3c2=O)CCC(C)C4)c(C(=O)OC)c1C. The smallest absolute Gasteiger partial charge is 0.348 e. The van der Waals surface area contributed by atoms with Gasteiger partial charge in [-0.3, -0.25) is 14.2 Å². The molecule has 0 bridgehead atoms. The molecule has 3 aromatic rings. The second-order valence-electron chi connectivity index (χ2n) is 8.37. The van der Waals surface area contributed by atoms with Gasteiger partial charge in [0.15, 0.2) is 0 Å². The number of esters is 2. The van der Waals surface area contributed by atoms with Crippen molar-refractivity contribution in [2.75, 3.05) is 19.5 Å². The maximum atomic E-state index is 13.4. The predicted octanol–water partition coefficient (Wildman–Crippen LogP) is 3.47. The van der Waals surface area contributed by atoms with Crippen LogP contribution >= 0.6 is 22.7 Å². The monoisotopic (exact) mass is 503 g/mol. The van der Waals surface area contributed by atoms with Gasteiger partial charge in [0.1, 0.15) is 27.1 Å². The van der Waals surface area contributed by atoms with Gasteiger partial charge in [-0.2, -0.15) is 0 Å². The molecule has 34 heavy (non-hydrogen) atoms. The van der Waals surface area contributed by atoms with E-state index in [1.54, 1.807) is 25.2 Å². The van der Waals surface area contributed by atoms with Gasteiger partial charge in [-0.05, 0) is 50.2 Å². The molecule has 0 fully saturated rings. The van der Waals surface area contributed by atoms with Crippen LogP contribution in [0.15, 0.2) is 4.79 Å². The zero-order valence-electron chi connectivity index (χ0n) is 19.6. The van der Waals surface area contributed by atoms with Crippen molar-refractivity contribution in [3.8, 4) is 0 Å². The van der Waals surface area contributed by atoms with E-state index >= 15 is 0 Å².